The lowest BCUT2D eigenvalue weighted by atomic mass is 10.1. The minimum absolute atomic E-state index is 0.0101. The fraction of sp³-hybridized carbons (Fsp3) is 0.273. The molecule has 0 bridgehead atoms. The monoisotopic (exact) mass is 366 g/mol. The zero-order chi connectivity index (χ0) is 19.6. The first-order valence-corrected chi connectivity index (χ1v) is 8.82. The molecule has 140 valence electrons. The van der Waals surface area contributed by atoms with Gasteiger partial charge in [0.2, 0.25) is 11.2 Å². The van der Waals surface area contributed by atoms with Gasteiger partial charge in [0.05, 0.1) is 11.5 Å². The molecule has 1 aromatic heterocycles. The summed E-state index contributed by atoms with van der Waals surface area (Å²) in [7, 11) is 0. The van der Waals surface area contributed by atoms with Crippen LogP contribution in [0.1, 0.15) is 25.0 Å². The molecule has 2 aromatic carbocycles. The van der Waals surface area contributed by atoms with Crippen molar-refractivity contribution >= 4 is 16.9 Å². The van der Waals surface area contributed by atoms with E-state index >= 15 is 0 Å². The second-order valence-electron chi connectivity index (χ2n) is 6.78. The summed E-state index contributed by atoms with van der Waals surface area (Å²) in [6.45, 7) is 7.05. The van der Waals surface area contributed by atoms with Gasteiger partial charge in [-0.3, -0.25) is 4.79 Å². The van der Waals surface area contributed by atoms with Crippen molar-refractivity contribution in [1.29, 1.82) is 0 Å². The quantitative estimate of drug-likeness (QED) is 0.626. The molecule has 0 aliphatic heterocycles. The van der Waals surface area contributed by atoms with Gasteiger partial charge in [0.15, 0.2) is 12.4 Å². The molecule has 1 heterocycles. The minimum Gasteiger partial charge on any atom is -0.474 e. The Morgan fingerprint density at radius 3 is 2.37 bits per heavy atom. The number of benzene rings is 2. The second kappa shape index (κ2) is 7.66. The Kier molecular flexibility index (Phi) is 5.31. The van der Waals surface area contributed by atoms with Crippen molar-refractivity contribution in [2.24, 2.45) is 0 Å². The number of hydrogen-bond donors (Lipinski definition) is 0. The van der Waals surface area contributed by atoms with E-state index in [1.54, 1.807) is 19.9 Å². The van der Waals surface area contributed by atoms with E-state index in [4.69, 9.17) is 13.9 Å². The van der Waals surface area contributed by atoms with Crippen LogP contribution >= 0.6 is 0 Å². The van der Waals surface area contributed by atoms with Crippen LogP contribution in [0.25, 0.3) is 22.3 Å². The van der Waals surface area contributed by atoms with E-state index in [-0.39, 0.29) is 23.9 Å². The van der Waals surface area contributed by atoms with Crippen LogP contribution in [0, 0.1) is 13.8 Å². The smallest absolute Gasteiger partial charge is 0.344 e. The van der Waals surface area contributed by atoms with E-state index in [1.165, 1.54) is 0 Å². The molecule has 0 aliphatic rings. The van der Waals surface area contributed by atoms with Crippen molar-refractivity contribution in [2.75, 3.05) is 6.61 Å². The summed E-state index contributed by atoms with van der Waals surface area (Å²) in [4.78, 5) is 24.9. The number of carbonyl (C=O) groups excluding carboxylic acids is 1. The number of carbonyl (C=O) groups is 1. The number of ether oxygens (including phenoxy) is 2. The van der Waals surface area contributed by atoms with Crippen molar-refractivity contribution in [3.8, 4) is 17.1 Å². The van der Waals surface area contributed by atoms with Gasteiger partial charge < -0.3 is 13.9 Å². The number of aryl methyl sites for hydroxylation is 2. The van der Waals surface area contributed by atoms with Gasteiger partial charge in [-0.1, -0.05) is 35.9 Å². The van der Waals surface area contributed by atoms with Crippen LogP contribution in [-0.2, 0) is 9.53 Å². The standard InChI is InChI=1S/C22H22O5/c1-13(2)26-19(23)12-25-22-20(24)17-10-7-15(4)11-18(17)27-21(22)16-8-5-14(3)6-9-16/h5-11,13H,12H2,1-4H3. The fourth-order valence-corrected chi connectivity index (χ4v) is 2.74. The zero-order valence-electron chi connectivity index (χ0n) is 15.9. The van der Waals surface area contributed by atoms with Gasteiger partial charge in [-0.15, -0.1) is 0 Å². The molecule has 0 amide bonds. The Bertz CT molecular complexity index is 1030. The Morgan fingerprint density at radius 1 is 1.04 bits per heavy atom. The van der Waals surface area contributed by atoms with E-state index in [0.717, 1.165) is 11.1 Å². The predicted molar refractivity (Wildman–Crippen MR) is 104 cm³/mol. The minimum atomic E-state index is -0.539. The SMILES string of the molecule is Cc1ccc(-c2oc3cc(C)ccc3c(=O)c2OCC(=O)OC(C)C)cc1. The van der Waals surface area contributed by atoms with Crippen molar-refractivity contribution < 1.29 is 18.7 Å². The third-order valence-electron chi connectivity index (χ3n) is 4.02. The normalized spacial score (nSPS) is 11.0. The second-order valence-corrected chi connectivity index (χ2v) is 6.78. The molecule has 0 fully saturated rings. The summed E-state index contributed by atoms with van der Waals surface area (Å²) in [5.74, 6) is -0.227. The summed E-state index contributed by atoms with van der Waals surface area (Å²) in [5, 5.41) is 0.406. The summed E-state index contributed by atoms with van der Waals surface area (Å²) in [5.41, 5.74) is 2.93. The summed E-state index contributed by atoms with van der Waals surface area (Å²) in [6, 6.07) is 12.9. The van der Waals surface area contributed by atoms with Gasteiger partial charge in [-0.05, 0) is 45.4 Å². The van der Waals surface area contributed by atoms with E-state index < -0.39 is 5.97 Å². The average molecular weight is 366 g/mol. The van der Waals surface area contributed by atoms with Gasteiger partial charge >= 0.3 is 5.97 Å². The maximum Gasteiger partial charge on any atom is 0.344 e. The van der Waals surface area contributed by atoms with Crippen molar-refractivity contribution in [3.63, 3.8) is 0 Å². The van der Waals surface area contributed by atoms with Gasteiger partial charge in [0, 0.05) is 5.56 Å². The molecule has 3 rings (SSSR count). The van der Waals surface area contributed by atoms with Gasteiger partial charge in [0.1, 0.15) is 5.58 Å². The summed E-state index contributed by atoms with van der Waals surface area (Å²) >= 11 is 0. The number of fused-ring (bicyclic) bond motifs is 1. The first-order chi connectivity index (χ1) is 12.8. The first kappa shape index (κ1) is 18.7. The number of hydrogen-bond acceptors (Lipinski definition) is 5. The maximum atomic E-state index is 13.0. The molecule has 0 saturated heterocycles. The van der Waals surface area contributed by atoms with Crippen LogP contribution in [-0.4, -0.2) is 18.7 Å². The Balaban J connectivity index is 2.10. The van der Waals surface area contributed by atoms with Crippen molar-refractivity contribution in [3.05, 3.63) is 63.8 Å². The highest BCUT2D eigenvalue weighted by Gasteiger charge is 2.19. The van der Waals surface area contributed by atoms with Gasteiger partial charge in [-0.2, -0.15) is 0 Å². The number of rotatable bonds is 5. The summed E-state index contributed by atoms with van der Waals surface area (Å²) < 4.78 is 16.7. The Hall–Kier alpha value is -3.08. The zero-order valence-corrected chi connectivity index (χ0v) is 15.9. The molecular weight excluding hydrogens is 344 g/mol. The molecule has 0 N–H and O–H groups in total. The Morgan fingerprint density at radius 2 is 1.70 bits per heavy atom. The van der Waals surface area contributed by atoms with E-state index in [0.29, 0.717) is 22.3 Å². The van der Waals surface area contributed by atoms with Crippen LogP contribution < -0.4 is 10.2 Å². The van der Waals surface area contributed by atoms with E-state index in [9.17, 15) is 9.59 Å². The van der Waals surface area contributed by atoms with Crippen LogP contribution in [0.5, 0.6) is 5.75 Å². The lowest BCUT2D eigenvalue weighted by Crippen LogP contribution is -2.21. The highest BCUT2D eigenvalue weighted by molar-refractivity contribution is 5.83. The van der Waals surface area contributed by atoms with E-state index in [2.05, 4.69) is 0 Å². The topological polar surface area (TPSA) is 65.7 Å². The molecule has 0 saturated carbocycles. The number of esters is 1. The molecule has 3 aromatic rings. The lowest BCUT2D eigenvalue weighted by Gasteiger charge is -2.13. The highest BCUT2D eigenvalue weighted by Crippen LogP contribution is 2.31. The molecule has 0 radical (unpaired) electrons. The van der Waals surface area contributed by atoms with Crippen molar-refractivity contribution in [2.45, 2.75) is 33.8 Å². The molecule has 0 unspecified atom stereocenters. The highest BCUT2D eigenvalue weighted by atomic mass is 16.6. The third-order valence-corrected chi connectivity index (χ3v) is 4.02. The fourth-order valence-electron chi connectivity index (χ4n) is 2.74. The van der Waals surface area contributed by atoms with Crippen LogP contribution in [0.4, 0.5) is 0 Å². The first-order valence-electron chi connectivity index (χ1n) is 8.82. The lowest BCUT2D eigenvalue weighted by molar-refractivity contribution is -0.149. The molecule has 0 spiro atoms. The predicted octanol–water partition coefficient (Wildman–Crippen LogP) is 4.41. The molecule has 27 heavy (non-hydrogen) atoms. The van der Waals surface area contributed by atoms with Crippen molar-refractivity contribution in [1.82, 2.24) is 0 Å². The molecule has 0 atom stereocenters. The van der Waals surface area contributed by atoms with E-state index in [1.807, 2.05) is 50.2 Å². The van der Waals surface area contributed by atoms with Gasteiger partial charge in [-0.25, -0.2) is 4.79 Å². The van der Waals surface area contributed by atoms with Crippen LogP contribution in [0.2, 0.25) is 0 Å². The molecule has 0 aliphatic carbocycles. The largest absolute Gasteiger partial charge is 0.474 e. The third kappa shape index (κ3) is 4.19. The Labute approximate surface area is 157 Å². The maximum absolute atomic E-state index is 13.0. The summed E-state index contributed by atoms with van der Waals surface area (Å²) in [6.07, 6.45) is -0.256. The molecule has 5 heteroatoms. The average Bonchev–Trinajstić information content (AvgIpc) is 2.60. The van der Waals surface area contributed by atoms with Crippen LogP contribution in [0.3, 0.4) is 0 Å². The molecule has 5 nitrogen and oxygen atoms in total. The van der Waals surface area contributed by atoms with Crippen LogP contribution in [0.15, 0.2) is 51.7 Å². The molecular formula is C22H22O5. The van der Waals surface area contributed by atoms with Gasteiger partial charge in [0.25, 0.3) is 0 Å².